The van der Waals surface area contributed by atoms with Gasteiger partial charge in [0.05, 0.1) is 19.7 Å². The van der Waals surface area contributed by atoms with Crippen molar-refractivity contribution in [3.8, 4) is 0 Å². The molecule has 2 rings (SSSR count). The number of rotatable bonds is 6. The molecule has 2 aromatic rings. The van der Waals surface area contributed by atoms with Gasteiger partial charge in [-0.15, -0.1) is 0 Å². The minimum atomic E-state index is -0.647. The highest BCUT2D eigenvalue weighted by Gasteiger charge is 2.30. The number of amides is 1. The number of ether oxygens (including phenoxy) is 1. The van der Waals surface area contributed by atoms with Crippen LogP contribution in [0.5, 0.6) is 0 Å². The number of hydrogen-bond acceptors (Lipinski definition) is 4. The molecule has 1 amide bonds. The van der Waals surface area contributed by atoms with E-state index in [9.17, 15) is 9.59 Å². The molecule has 23 heavy (non-hydrogen) atoms. The molecule has 0 aliphatic rings. The highest BCUT2D eigenvalue weighted by atomic mass is 16.5. The zero-order valence-corrected chi connectivity index (χ0v) is 13.6. The lowest BCUT2D eigenvalue weighted by molar-refractivity contribution is -0.143. The number of para-hydroxylation sites is 1. The normalized spacial score (nSPS) is 11.8. The number of hydrogen-bond donors (Lipinski definition) is 0. The molecule has 0 radical (unpaired) electrons. The van der Waals surface area contributed by atoms with Crippen LogP contribution in [0.15, 0.2) is 42.7 Å². The van der Waals surface area contributed by atoms with Crippen molar-refractivity contribution in [2.75, 3.05) is 12.0 Å². The first kappa shape index (κ1) is 16.7. The Morgan fingerprint density at radius 3 is 2.52 bits per heavy atom. The quantitative estimate of drug-likeness (QED) is 0.764. The Labute approximate surface area is 135 Å². The van der Waals surface area contributed by atoms with Crippen molar-refractivity contribution in [2.45, 2.75) is 25.8 Å². The Morgan fingerprint density at radius 2 is 2.00 bits per heavy atom. The lowest BCUT2D eigenvalue weighted by Crippen LogP contribution is -2.46. The van der Waals surface area contributed by atoms with Crippen LogP contribution in [0.2, 0.25) is 0 Å². The van der Waals surface area contributed by atoms with Gasteiger partial charge < -0.3 is 4.74 Å². The molecule has 1 atom stereocenters. The molecule has 6 nitrogen and oxygen atoms in total. The second-order valence-electron chi connectivity index (χ2n) is 5.25. The Morgan fingerprint density at radius 1 is 1.30 bits per heavy atom. The van der Waals surface area contributed by atoms with Gasteiger partial charge >= 0.3 is 5.97 Å². The summed E-state index contributed by atoms with van der Waals surface area (Å²) >= 11 is 0. The fraction of sp³-hybridized carbons (Fsp3) is 0.353. The first-order valence-electron chi connectivity index (χ1n) is 7.49. The summed E-state index contributed by atoms with van der Waals surface area (Å²) in [5, 5.41) is 4.07. The van der Waals surface area contributed by atoms with E-state index >= 15 is 0 Å². The van der Waals surface area contributed by atoms with Gasteiger partial charge in [0.1, 0.15) is 6.04 Å². The molecule has 0 saturated heterocycles. The molecular formula is C17H21N3O3. The molecule has 0 unspecified atom stereocenters. The lowest BCUT2D eigenvalue weighted by atomic mass is 10.1. The van der Waals surface area contributed by atoms with Crippen LogP contribution in [0.4, 0.5) is 5.69 Å². The molecule has 1 heterocycles. The zero-order valence-electron chi connectivity index (χ0n) is 13.6. The van der Waals surface area contributed by atoms with E-state index in [2.05, 4.69) is 5.10 Å². The first-order chi connectivity index (χ1) is 11.1. The summed E-state index contributed by atoms with van der Waals surface area (Å²) in [6.07, 6.45) is 4.09. The Balaban J connectivity index is 2.32. The summed E-state index contributed by atoms with van der Waals surface area (Å²) in [6.45, 7) is 1.86. The largest absolute Gasteiger partial charge is 0.467 e. The van der Waals surface area contributed by atoms with Crippen LogP contribution in [0.25, 0.3) is 0 Å². The number of aryl methyl sites for hydroxylation is 1. The molecule has 122 valence electrons. The van der Waals surface area contributed by atoms with Crippen molar-refractivity contribution in [2.24, 2.45) is 7.05 Å². The number of aromatic nitrogens is 2. The third kappa shape index (κ3) is 3.97. The molecular weight excluding hydrogens is 294 g/mol. The zero-order chi connectivity index (χ0) is 16.8. The fourth-order valence-corrected chi connectivity index (χ4v) is 2.50. The van der Waals surface area contributed by atoms with Crippen LogP contribution in [-0.2, 0) is 27.8 Å². The predicted octanol–water partition coefficient (Wildman–Crippen LogP) is 1.95. The number of nitrogens with zero attached hydrogens (tertiary/aromatic N) is 3. The molecule has 0 saturated carbocycles. The Kier molecular flexibility index (Phi) is 5.51. The van der Waals surface area contributed by atoms with Gasteiger partial charge in [0.25, 0.3) is 0 Å². The van der Waals surface area contributed by atoms with E-state index < -0.39 is 12.0 Å². The molecule has 1 aromatic heterocycles. The molecule has 0 bridgehead atoms. The van der Waals surface area contributed by atoms with E-state index in [0.29, 0.717) is 12.1 Å². The second kappa shape index (κ2) is 7.58. The SMILES string of the molecule is CC[C@H](C(=O)OC)N(C(=O)Cc1cnn(C)c1)c1ccccc1. The van der Waals surface area contributed by atoms with Crippen LogP contribution >= 0.6 is 0 Å². The van der Waals surface area contributed by atoms with E-state index in [1.807, 2.05) is 37.3 Å². The van der Waals surface area contributed by atoms with E-state index in [1.165, 1.54) is 12.0 Å². The van der Waals surface area contributed by atoms with Crippen molar-refractivity contribution >= 4 is 17.6 Å². The average Bonchev–Trinajstić information content (AvgIpc) is 2.97. The highest BCUT2D eigenvalue weighted by Crippen LogP contribution is 2.21. The third-order valence-corrected chi connectivity index (χ3v) is 3.59. The number of carbonyl (C=O) groups excluding carboxylic acids is 2. The maximum Gasteiger partial charge on any atom is 0.328 e. The van der Waals surface area contributed by atoms with Gasteiger partial charge in [0, 0.05) is 18.9 Å². The van der Waals surface area contributed by atoms with Crippen molar-refractivity contribution in [3.63, 3.8) is 0 Å². The number of esters is 1. The molecule has 0 aliphatic heterocycles. The van der Waals surface area contributed by atoms with Gasteiger partial charge in [-0.2, -0.15) is 5.10 Å². The summed E-state index contributed by atoms with van der Waals surface area (Å²) in [4.78, 5) is 26.4. The Hall–Kier alpha value is -2.63. The van der Waals surface area contributed by atoms with Gasteiger partial charge in [-0.3, -0.25) is 14.4 Å². The van der Waals surface area contributed by atoms with Crippen LogP contribution < -0.4 is 4.90 Å². The predicted molar refractivity (Wildman–Crippen MR) is 86.9 cm³/mol. The first-order valence-corrected chi connectivity index (χ1v) is 7.49. The van der Waals surface area contributed by atoms with Gasteiger partial charge in [-0.1, -0.05) is 25.1 Å². The topological polar surface area (TPSA) is 64.4 Å². The van der Waals surface area contributed by atoms with Crippen LogP contribution in [0.3, 0.4) is 0 Å². The maximum absolute atomic E-state index is 12.8. The number of benzene rings is 1. The molecule has 1 aromatic carbocycles. The smallest absolute Gasteiger partial charge is 0.328 e. The standard InChI is InChI=1S/C17H21N3O3/c1-4-15(17(22)23-3)20(14-8-6-5-7-9-14)16(21)10-13-11-18-19(2)12-13/h5-9,11-12,15H,4,10H2,1-3H3/t15-/m1/s1. The number of anilines is 1. The lowest BCUT2D eigenvalue weighted by Gasteiger charge is -2.29. The second-order valence-corrected chi connectivity index (χ2v) is 5.25. The van der Waals surface area contributed by atoms with Crippen LogP contribution in [0.1, 0.15) is 18.9 Å². The third-order valence-electron chi connectivity index (χ3n) is 3.59. The van der Waals surface area contributed by atoms with Crippen molar-refractivity contribution < 1.29 is 14.3 Å². The minimum absolute atomic E-state index is 0.165. The fourth-order valence-electron chi connectivity index (χ4n) is 2.50. The summed E-state index contributed by atoms with van der Waals surface area (Å²) in [5.74, 6) is -0.586. The van der Waals surface area contributed by atoms with Gasteiger partial charge in [-0.05, 0) is 24.1 Å². The molecule has 0 N–H and O–H groups in total. The summed E-state index contributed by atoms with van der Waals surface area (Å²) in [7, 11) is 3.13. The minimum Gasteiger partial charge on any atom is -0.467 e. The van der Waals surface area contributed by atoms with Crippen LogP contribution in [-0.4, -0.2) is 34.8 Å². The van der Waals surface area contributed by atoms with E-state index in [-0.39, 0.29) is 12.3 Å². The van der Waals surface area contributed by atoms with E-state index in [0.717, 1.165) is 5.56 Å². The molecule has 0 fully saturated rings. The Bertz CT molecular complexity index is 667. The van der Waals surface area contributed by atoms with Crippen LogP contribution in [0, 0.1) is 0 Å². The van der Waals surface area contributed by atoms with Crippen molar-refractivity contribution in [3.05, 3.63) is 48.3 Å². The number of methoxy groups -OCH3 is 1. The molecule has 0 spiro atoms. The average molecular weight is 315 g/mol. The van der Waals surface area contributed by atoms with Gasteiger partial charge in [0.2, 0.25) is 5.91 Å². The summed E-state index contributed by atoms with van der Waals surface area (Å²) < 4.78 is 6.51. The highest BCUT2D eigenvalue weighted by molar-refractivity contribution is 6.00. The van der Waals surface area contributed by atoms with Crippen molar-refractivity contribution in [1.29, 1.82) is 0 Å². The summed E-state index contributed by atoms with van der Waals surface area (Å²) in [6, 6.07) is 8.52. The van der Waals surface area contributed by atoms with Gasteiger partial charge in [0.15, 0.2) is 0 Å². The monoisotopic (exact) mass is 315 g/mol. The molecule has 0 aliphatic carbocycles. The number of carbonyl (C=O) groups is 2. The van der Waals surface area contributed by atoms with Gasteiger partial charge in [-0.25, -0.2) is 4.79 Å². The van der Waals surface area contributed by atoms with E-state index in [4.69, 9.17) is 4.74 Å². The summed E-state index contributed by atoms with van der Waals surface area (Å²) in [5.41, 5.74) is 1.48. The molecule has 6 heteroatoms. The maximum atomic E-state index is 12.8. The van der Waals surface area contributed by atoms with Crippen molar-refractivity contribution in [1.82, 2.24) is 9.78 Å². The van der Waals surface area contributed by atoms with E-state index in [1.54, 1.807) is 24.1 Å².